The van der Waals surface area contributed by atoms with Crippen LogP contribution in [0.1, 0.15) is 15.9 Å². The number of nitrogens with two attached hydrogens (primary N) is 2. The van der Waals surface area contributed by atoms with Crippen molar-refractivity contribution in [3.63, 3.8) is 0 Å². The second-order valence-corrected chi connectivity index (χ2v) is 3.03. The molecule has 1 rings (SSSR count). The highest BCUT2D eigenvalue weighted by Gasteiger charge is 2.07. The molecule has 0 spiro atoms. The molecule has 0 bridgehead atoms. The summed E-state index contributed by atoms with van der Waals surface area (Å²) in [5.74, 6) is -0.747. The third-order valence-electron chi connectivity index (χ3n) is 1.85. The van der Waals surface area contributed by atoms with Crippen LogP contribution in [-0.4, -0.2) is 30.4 Å². The summed E-state index contributed by atoms with van der Waals surface area (Å²) in [7, 11) is 1.47. The number of hydrogen-bond donors (Lipinski definition) is 3. The van der Waals surface area contributed by atoms with Gasteiger partial charge < -0.3 is 21.3 Å². The van der Waals surface area contributed by atoms with E-state index in [0.29, 0.717) is 11.3 Å². The minimum absolute atomic E-state index is 0.122. The molecular weight excluding hydrogens is 224 g/mol. The molecule has 0 aliphatic rings. The number of carboxylic acid groups (broad SMARTS) is 1. The number of rotatable bonds is 4. The van der Waals surface area contributed by atoms with E-state index in [9.17, 15) is 4.79 Å². The summed E-state index contributed by atoms with van der Waals surface area (Å²) in [6.45, 7) is 0. The molecule has 7 heteroatoms. The molecule has 5 N–H and O–H groups in total. The lowest BCUT2D eigenvalue weighted by molar-refractivity contribution is 0.0697. The number of guanidine groups is 1. The van der Waals surface area contributed by atoms with Crippen molar-refractivity contribution in [2.24, 2.45) is 21.7 Å². The molecule has 0 radical (unpaired) electrons. The molecule has 0 aliphatic heterocycles. The number of aromatic carboxylic acids is 1. The Bertz CT molecular complexity index is 478. The average Bonchev–Trinajstić information content (AvgIpc) is 2.28. The van der Waals surface area contributed by atoms with Crippen molar-refractivity contribution < 1.29 is 14.6 Å². The van der Waals surface area contributed by atoms with Crippen molar-refractivity contribution in [2.45, 2.75) is 0 Å². The summed E-state index contributed by atoms with van der Waals surface area (Å²) < 4.78 is 5.04. The van der Waals surface area contributed by atoms with Crippen LogP contribution in [0.15, 0.2) is 28.4 Å². The second kappa shape index (κ2) is 5.50. The molecule has 0 aromatic heterocycles. The first kappa shape index (κ1) is 12.5. The van der Waals surface area contributed by atoms with Gasteiger partial charge in [0.25, 0.3) is 0 Å². The van der Waals surface area contributed by atoms with Crippen molar-refractivity contribution in [1.29, 1.82) is 0 Å². The second-order valence-electron chi connectivity index (χ2n) is 3.03. The Balaban J connectivity index is 3.10. The van der Waals surface area contributed by atoms with Crippen LogP contribution in [0.5, 0.6) is 5.75 Å². The van der Waals surface area contributed by atoms with Gasteiger partial charge in [-0.25, -0.2) is 4.79 Å². The predicted molar refractivity (Wildman–Crippen MR) is 63.4 cm³/mol. The fourth-order valence-electron chi connectivity index (χ4n) is 1.13. The summed E-state index contributed by atoms with van der Waals surface area (Å²) in [5.41, 5.74) is 10.8. The van der Waals surface area contributed by atoms with Crippen LogP contribution < -0.4 is 16.2 Å². The molecule has 0 atom stereocenters. The van der Waals surface area contributed by atoms with Gasteiger partial charge in [-0.3, -0.25) is 0 Å². The molecule has 0 fully saturated rings. The fraction of sp³-hybridized carbons (Fsp3) is 0.100. The van der Waals surface area contributed by atoms with E-state index < -0.39 is 5.97 Å². The lowest BCUT2D eigenvalue weighted by atomic mass is 10.1. The molecule has 17 heavy (non-hydrogen) atoms. The molecule has 1 aromatic rings. The molecule has 0 aliphatic carbocycles. The van der Waals surface area contributed by atoms with E-state index in [-0.39, 0.29) is 11.5 Å². The van der Waals surface area contributed by atoms with Gasteiger partial charge in [0.1, 0.15) is 5.75 Å². The van der Waals surface area contributed by atoms with Crippen molar-refractivity contribution >= 4 is 18.1 Å². The summed E-state index contributed by atoms with van der Waals surface area (Å²) in [5, 5.41) is 15.8. The molecule has 0 amide bonds. The van der Waals surface area contributed by atoms with Crippen LogP contribution >= 0.6 is 0 Å². The third-order valence-corrected chi connectivity index (χ3v) is 1.85. The number of methoxy groups -OCH3 is 1. The number of carbonyl (C=O) groups is 1. The Kier molecular flexibility index (Phi) is 4.04. The van der Waals surface area contributed by atoms with Crippen molar-refractivity contribution in [1.82, 2.24) is 0 Å². The zero-order valence-electron chi connectivity index (χ0n) is 9.12. The Morgan fingerprint density at radius 3 is 2.71 bits per heavy atom. The lowest BCUT2D eigenvalue weighted by Crippen LogP contribution is -2.21. The van der Waals surface area contributed by atoms with E-state index in [1.165, 1.54) is 31.5 Å². The van der Waals surface area contributed by atoms with Crippen molar-refractivity contribution in [3.8, 4) is 5.75 Å². The summed E-state index contributed by atoms with van der Waals surface area (Å²) in [4.78, 5) is 10.8. The quantitative estimate of drug-likeness (QED) is 0.385. The molecule has 90 valence electrons. The largest absolute Gasteiger partial charge is 0.496 e. The standard InChI is InChI=1S/C10H12N4O3/c1-17-8-3-2-6(9(15)16)4-7(8)5-13-14-10(11)12/h2-5H,1H3,(H,15,16)(H4,11,12,14). The van der Waals surface area contributed by atoms with Gasteiger partial charge in [-0.1, -0.05) is 0 Å². The molecule has 0 saturated heterocycles. The minimum atomic E-state index is -1.04. The molecule has 0 heterocycles. The van der Waals surface area contributed by atoms with Gasteiger partial charge in [-0.05, 0) is 18.2 Å². The predicted octanol–water partition coefficient (Wildman–Crippen LogP) is 0.000700. The average molecular weight is 236 g/mol. The molecule has 0 unspecified atom stereocenters. The van der Waals surface area contributed by atoms with E-state index in [4.69, 9.17) is 21.3 Å². The number of benzene rings is 1. The van der Waals surface area contributed by atoms with Crippen LogP contribution in [0.25, 0.3) is 0 Å². The normalized spacial score (nSPS) is 10.2. The molecule has 0 saturated carbocycles. The Hall–Kier alpha value is -2.57. The van der Waals surface area contributed by atoms with Crippen LogP contribution in [0.3, 0.4) is 0 Å². The Morgan fingerprint density at radius 2 is 2.18 bits per heavy atom. The highest BCUT2D eigenvalue weighted by molar-refractivity contribution is 5.92. The third kappa shape index (κ3) is 3.49. The van der Waals surface area contributed by atoms with Gasteiger partial charge in [0.15, 0.2) is 0 Å². The van der Waals surface area contributed by atoms with Gasteiger partial charge in [-0.15, -0.1) is 5.10 Å². The monoisotopic (exact) mass is 236 g/mol. The maximum atomic E-state index is 10.8. The van der Waals surface area contributed by atoms with Crippen LogP contribution in [0.4, 0.5) is 0 Å². The Labute approximate surface area is 97.4 Å². The number of carboxylic acids is 1. The zero-order chi connectivity index (χ0) is 12.8. The van der Waals surface area contributed by atoms with Crippen LogP contribution in [0.2, 0.25) is 0 Å². The SMILES string of the molecule is COc1ccc(C(=O)O)cc1C=NN=C(N)N. The van der Waals surface area contributed by atoms with Crippen molar-refractivity contribution in [2.75, 3.05) is 7.11 Å². The first-order valence-electron chi connectivity index (χ1n) is 4.58. The first-order valence-corrected chi connectivity index (χ1v) is 4.58. The van der Waals surface area contributed by atoms with Crippen LogP contribution in [0, 0.1) is 0 Å². The molecule has 7 nitrogen and oxygen atoms in total. The van der Waals surface area contributed by atoms with Gasteiger partial charge in [-0.2, -0.15) is 5.10 Å². The van der Waals surface area contributed by atoms with E-state index in [1.807, 2.05) is 0 Å². The first-order chi connectivity index (χ1) is 8.04. The van der Waals surface area contributed by atoms with Gasteiger partial charge in [0.05, 0.1) is 18.9 Å². The fourth-order valence-corrected chi connectivity index (χ4v) is 1.13. The van der Waals surface area contributed by atoms with Crippen LogP contribution in [-0.2, 0) is 0 Å². The van der Waals surface area contributed by atoms with Crippen molar-refractivity contribution in [3.05, 3.63) is 29.3 Å². The summed E-state index contributed by atoms with van der Waals surface area (Å²) >= 11 is 0. The maximum absolute atomic E-state index is 10.8. The highest BCUT2D eigenvalue weighted by atomic mass is 16.5. The number of nitrogens with zero attached hydrogens (tertiary/aromatic N) is 2. The summed E-state index contributed by atoms with van der Waals surface area (Å²) in [6, 6.07) is 4.37. The highest BCUT2D eigenvalue weighted by Crippen LogP contribution is 2.18. The minimum Gasteiger partial charge on any atom is -0.496 e. The van der Waals surface area contributed by atoms with Gasteiger partial charge >= 0.3 is 5.97 Å². The van der Waals surface area contributed by atoms with E-state index in [2.05, 4.69) is 10.2 Å². The maximum Gasteiger partial charge on any atom is 0.335 e. The topological polar surface area (TPSA) is 123 Å². The van der Waals surface area contributed by atoms with E-state index in [1.54, 1.807) is 0 Å². The van der Waals surface area contributed by atoms with E-state index in [0.717, 1.165) is 0 Å². The molecular formula is C10H12N4O3. The number of hydrogen-bond acceptors (Lipinski definition) is 4. The lowest BCUT2D eigenvalue weighted by Gasteiger charge is -2.04. The smallest absolute Gasteiger partial charge is 0.335 e. The number of ether oxygens (including phenoxy) is 1. The van der Waals surface area contributed by atoms with Gasteiger partial charge in [0.2, 0.25) is 5.96 Å². The Morgan fingerprint density at radius 1 is 1.47 bits per heavy atom. The molecule has 1 aromatic carbocycles. The van der Waals surface area contributed by atoms with E-state index >= 15 is 0 Å². The zero-order valence-corrected chi connectivity index (χ0v) is 9.12. The summed E-state index contributed by atoms with van der Waals surface area (Å²) in [6.07, 6.45) is 1.31. The van der Waals surface area contributed by atoms with Gasteiger partial charge in [0, 0.05) is 5.56 Å².